The number of rotatable bonds is 6. The summed E-state index contributed by atoms with van der Waals surface area (Å²) in [5.74, 6) is -0.510. The summed E-state index contributed by atoms with van der Waals surface area (Å²) < 4.78 is 10.4. The second-order valence-corrected chi connectivity index (χ2v) is 7.92. The van der Waals surface area contributed by atoms with E-state index in [2.05, 4.69) is 5.32 Å². The van der Waals surface area contributed by atoms with E-state index in [0.717, 1.165) is 6.42 Å². The number of nitrogens with one attached hydrogen (secondary N) is 1. The minimum Gasteiger partial charge on any atom is -0.460 e. The number of hydrogen-bond acceptors (Lipinski definition) is 5. The van der Waals surface area contributed by atoms with Crippen molar-refractivity contribution in [3.8, 4) is 0 Å². The van der Waals surface area contributed by atoms with Crippen LogP contribution in [0.15, 0.2) is 0 Å². The molecule has 0 aliphatic carbocycles. The predicted molar refractivity (Wildman–Crippen MR) is 89.1 cm³/mol. The van der Waals surface area contributed by atoms with E-state index in [-0.39, 0.29) is 12.3 Å². The maximum absolute atomic E-state index is 11.9. The Morgan fingerprint density at radius 2 is 1.52 bits per heavy atom. The molecule has 0 saturated carbocycles. The van der Waals surface area contributed by atoms with Crippen LogP contribution in [-0.4, -0.2) is 40.5 Å². The second kappa shape index (κ2) is 8.52. The fourth-order valence-corrected chi connectivity index (χ4v) is 2.00. The number of esters is 1. The largest absolute Gasteiger partial charge is 0.460 e. The molecule has 0 radical (unpaired) electrons. The van der Waals surface area contributed by atoms with Crippen LogP contribution in [0.2, 0.25) is 0 Å². The maximum atomic E-state index is 11.9. The predicted octanol–water partition coefficient (Wildman–Crippen LogP) is 3.02. The molecule has 23 heavy (non-hydrogen) atoms. The SMILES string of the molecule is CCC(C)C(NC(=O)OC(C)(C)C)C(O)CC(=O)OC(C)(C)C. The molecule has 0 aromatic rings. The Balaban J connectivity index is 4.83. The van der Waals surface area contributed by atoms with Gasteiger partial charge in [-0.05, 0) is 47.5 Å². The van der Waals surface area contributed by atoms with Crippen LogP contribution in [0.25, 0.3) is 0 Å². The van der Waals surface area contributed by atoms with E-state index in [0.29, 0.717) is 0 Å². The molecule has 136 valence electrons. The van der Waals surface area contributed by atoms with Gasteiger partial charge >= 0.3 is 12.1 Å². The smallest absolute Gasteiger partial charge is 0.407 e. The van der Waals surface area contributed by atoms with Gasteiger partial charge in [0.1, 0.15) is 11.2 Å². The van der Waals surface area contributed by atoms with E-state index in [4.69, 9.17) is 9.47 Å². The van der Waals surface area contributed by atoms with Crippen molar-refractivity contribution in [1.82, 2.24) is 5.32 Å². The number of aliphatic hydroxyl groups is 1. The van der Waals surface area contributed by atoms with Crippen LogP contribution >= 0.6 is 0 Å². The maximum Gasteiger partial charge on any atom is 0.407 e. The number of carbonyl (C=O) groups is 2. The van der Waals surface area contributed by atoms with Crippen molar-refractivity contribution in [2.75, 3.05) is 0 Å². The molecule has 6 nitrogen and oxygen atoms in total. The fraction of sp³-hybridized carbons (Fsp3) is 0.882. The van der Waals surface area contributed by atoms with Crippen LogP contribution in [0.5, 0.6) is 0 Å². The molecule has 0 spiro atoms. The molecular weight excluding hydrogens is 298 g/mol. The van der Waals surface area contributed by atoms with Crippen molar-refractivity contribution in [3.63, 3.8) is 0 Å². The van der Waals surface area contributed by atoms with Crippen LogP contribution in [0.4, 0.5) is 4.79 Å². The summed E-state index contributed by atoms with van der Waals surface area (Å²) in [7, 11) is 0. The molecule has 6 heteroatoms. The monoisotopic (exact) mass is 331 g/mol. The van der Waals surface area contributed by atoms with E-state index in [9.17, 15) is 14.7 Å². The highest BCUT2D eigenvalue weighted by atomic mass is 16.6. The summed E-state index contributed by atoms with van der Waals surface area (Å²) in [6.45, 7) is 14.5. The fourth-order valence-electron chi connectivity index (χ4n) is 2.00. The molecule has 3 unspecified atom stereocenters. The molecule has 1 amide bonds. The first kappa shape index (κ1) is 21.7. The van der Waals surface area contributed by atoms with Crippen LogP contribution in [0.3, 0.4) is 0 Å². The van der Waals surface area contributed by atoms with Gasteiger partial charge in [0.15, 0.2) is 0 Å². The van der Waals surface area contributed by atoms with Gasteiger partial charge in [0, 0.05) is 0 Å². The summed E-state index contributed by atoms with van der Waals surface area (Å²) in [4.78, 5) is 23.8. The molecule has 0 saturated heterocycles. The van der Waals surface area contributed by atoms with Gasteiger partial charge in [-0.15, -0.1) is 0 Å². The lowest BCUT2D eigenvalue weighted by atomic mass is 9.93. The van der Waals surface area contributed by atoms with Crippen molar-refractivity contribution in [1.29, 1.82) is 0 Å². The zero-order valence-corrected chi connectivity index (χ0v) is 15.7. The summed E-state index contributed by atoms with van der Waals surface area (Å²) in [6, 6.07) is -0.581. The summed E-state index contributed by atoms with van der Waals surface area (Å²) in [6.07, 6.45) is -1.08. The van der Waals surface area contributed by atoms with Crippen molar-refractivity contribution >= 4 is 12.1 Å². The van der Waals surface area contributed by atoms with Gasteiger partial charge < -0.3 is 19.9 Å². The first-order valence-electron chi connectivity index (χ1n) is 8.14. The average molecular weight is 331 g/mol. The van der Waals surface area contributed by atoms with Gasteiger partial charge in [-0.2, -0.15) is 0 Å². The van der Waals surface area contributed by atoms with Crippen molar-refractivity contribution in [2.24, 2.45) is 5.92 Å². The Morgan fingerprint density at radius 3 is 1.91 bits per heavy atom. The van der Waals surface area contributed by atoms with E-state index < -0.39 is 35.4 Å². The van der Waals surface area contributed by atoms with Gasteiger partial charge in [-0.1, -0.05) is 20.3 Å². The molecule has 0 aromatic heterocycles. The molecule has 0 aliphatic heterocycles. The van der Waals surface area contributed by atoms with Crippen LogP contribution < -0.4 is 5.32 Å². The molecule has 2 N–H and O–H groups in total. The lowest BCUT2D eigenvalue weighted by Crippen LogP contribution is -2.49. The summed E-state index contributed by atoms with van der Waals surface area (Å²) in [5, 5.41) is 13.0. The zero-order chi connectivity index (χ0) is 18.4. The number of alkyl carbamates (subject to hydrolysis) is 1. The Hall–Kier alpha value is -1.30. The van der Waals surface area contributed by atoms with Gasteiger partial charge in [-0.25, -0.2) is 4.79 Å². The van der Waals surface area contributed by atoms with E-state index in [1.165, 1.54) is 0 Å². The van der Waals surface area contributed by atoms with Gasteiger partial charge in [0.2, 0.25) is 0 Å². The standard InChI is InChI=1S/C17H33NO5/c1-9-11(2)14(18-15(21)23-17(6,7)8)12(19)10-13(20)22-16(3,4)5/h11-12,14,19H,9-10H2,1-8H3,(H,18,21). The molecule has 0 heterocycles. The first-order chi connectivity index (χ1) is 10.2. The van der Waals surface area contributed by atoms with Gasteiger partial charge in [0.25, 0.3) is 0 Å². The normalized spacial score (nSPS) is 16.2. The quantitative estimate of drug-likeness (QED) is 0.731. The van der Waals surface area contributed by atoms with E-state index in [1.807, 2.05) is 13.8 Å². The van der Waals surface area contributed by atoms with Gasteiger partial charge in [0.05, 0.1) is 18.6 Å². The Labute approximate surface area is 139 Å². The number of amides is 1. The van der Waals surface area contributed by atoms with Crippen molar-refractivity contribution in [2.45, 2.75) is 91.6 Å². The number of hydrogen-bond donors (Lipinski definition) is 2. The number of ether oxygens (including phenoxy) is 2. The van der Waals surface area contributed by atoms with E-state index in [1.54, 1.807) is 41.5 Å². The third-order valence-electron chi connectivity index (χ3n) is 3.15. The lowest BCUT2D eigenvalue weighted by Gasteiger charge is -2.30. The third kappa shape index (κ3) is 10.2. The van der Waals surface area contributed by atoms with Crippen molar-refractivity contribution in [3.05, 3.63) is 0 Å². The molecule has 0 aromatic carbocycles. The minimum absolute atomic E-state index is 0.0139. The van der Waals surface area contributed by atoms with Crippen molar-refractivity contribution < 1.29 is 24.2 Å². The topological polar surface area (TPSA) is 84.9 Å². The molecule has 3 atom stereocenters. The van der Waals surface area contributed by atoms with Crippen LogP contribution in [0, 0.1) is 5.92 Å². The molecular formula is C17H33NO5. The third-order valence-corrected chi connectivity index (χ3v) is 3.15. The highest BCUT2D eigenvalue weighted by molar-refractivity contribution is 5.71. The summed E-state index contributed by atoms with van der Waals surface area (Å²) >= 11 is 0. The Morgan fingerprint density at radius 1 is 1.04 bits per heavy atom. The highest BCUT2D eigenvalue weighted by Crippen LogP contribution is 2.17. The van der Waals surface area contributed by atoms with Crippen LogP contribution in [0.1, 0.15) is 68.2 Å². The Kier molecular flexibility index (Phi) is 8.04. The van der Waals surface area contributed by atoms with Gasteiger partial charge in [-0.3, -0.25) is 4.79 Å². The molecule has 0 aliphatic rings. The minimum atomic E-state index is -1.03. The average Bonchev–Trinajstić information content (AvgIpc) is 2.30. The zero-order valence-electron chi connectivity index (χ0n) is 15.7. The molecule has 0 bridgehead atoms. The van der Waals surface area contributed by atoms with Crippen LogP contribution in [-0.2, 0) is 14.3 Å². The molecule has 0 rings (SSSR count). The highest BCUT2D eigenvalue weighted by Gasteiger charge is 2.31. The molecule has 0 fully saturated rings. The number of aliphatic hydroxyl groups excluding tert-OH is 1. The first-order valence-corrected chi connectivity index (χ1v) is 8.14. The van der Waals surface area contributed by atoms with E-state index >= 15 is 0 Å². The number of carbonyl (C=O) groups excluding carboxylic acids is 2. The summed E-state index contributed by atoms with van der Waals surface area (Å²) in [5.41, 5.74) is -1.23. The Bertz CT molecular complexity index is 395. The second-order valence-electron chi connectivity index (χ2n) is 7.92. The lowest BCUT2D eigenvalue weighted by molar-refractivity contribution is -0.157.